The number of rotatable bonds is 8. The number of likely N-dealkylation sites (tertiary alicyclic amines) is 1. The first-order valence-electron chi connectivity index (χ1n) is 10.9. The van der Waals surface area contributed by atoms with Gasteiger partial charge in [-0.15, -0.1) is 24.0 Å². The molecule has 1 aliphatic heterocycles. The summed E-state index contributed by atoms with van der Waals surface area (Å²) >= 11 is 0. The van der Waals surface area contributed by atoms with E-state index in [1.807, 2.05) is 18.6 Å². The maximum Gasteiger partial charge on any atom is 0.193 e. The molecule has 6 nitrogen and oxygen atoms in total. The molecule has 1 fully saturated rings. The van der Waals surface area contributed by atoms with Gasteiger partial charge in [0, 0.05) is 45.2 Å². The van der Waals surface area contributed by atoms with E-state index < -0.39 is 0 Å². The van der Waals surface area contributed by atoms with Gasteiger partial charge < -0.3 is 19.5 Å². The summed E-state index contributed by atoms with van der Waals surface area (Å²) in [6.45, 7) is 10.9. The van der Waals surface area contributed by atoms with Crippen LogP contribution in [0.1, 0.15) is 51.3 Å². The molecule has 3 unspecified atom stereocenters. The first-order valence-corrected chi connectivity index (χ1v) is 10.9. The number of halogens is 1. The van der Waals surface area contributed by atoms with Crippen LogP contribution in [0.4, 0.5) is 0 Å². The first kappa shape index (κ1) is 24.7. The molecular formula is C23H36IN5O. The predicted octanol–water partition coefficient (Wildman–Crippen LogP) is 4.52. The van der Waals surface area contributed by atoms with Gasteiger partial charge in [0.15, 0.2) is 5.96 Å². The molecular weight excluding hydrogens is 489 g/mol. The van der Waals surface area contributed by atoms with Crippen molar-refractivity contribution in [2.45, 2.75) is 45.8 Å². The molecule has 0 saturated carbocycles. The Morgan fingerprint density at radius 1 is 1.33 bits per heavy atom. The lowest BCUT2D eigenvalue weighted by Crippen LogP contribution is -2.49. The molecule has 0 bridgehead atoms. The molecule has 3 rings (SSSR count). The molecule has 1 saturated heterocycles. The molecule has 1 aliphatic rings. The molecule has 30 heavy (non-hydrogen) atoms. The van der Waals surface area contributed by atoms with Crippen LogP contribution in [-0.2, 0) is 4.74 Å². The number of aromatic nitrogens is 2. The van der Waals surface area contributed by atoms with Crippen molar-refractivity contribution in [3.8, 4) is 0 Å². The lowest BCUT2D eigenvalue weighted by Gasteiger charge is -2.39. The number of ether oxygens (including phenoxy) is 1. The Bertz CT molecular complexity index is 737. The quantitative estimate of drug-likeness (QED) is 0.239. The summed E-state index contributed by atoms with van der Waals surface area (Å²) in [5.41, 5.74) is 1.22. The van der Waals surface area contributed by atoms with E-state index in [-0.39, 0.29) is 30.1 Å². The minimum atomic E-state index is 0. The van der Waals surface area contributed by atoms with Gasteiger partial charge in [-0.05, 0) is 38.2 Å². The van der Waals surface area contributed by atoms with Crippen molar-refractivity contribution in [1.29, 1.82) is 0 Å². The Kier molecular flexibility index (Phi) is 10.6. The number of piperidine rings is 1. The molecule has 1 aromatic heterocycles. The smallest absolute Gasteiger partial charge is 0.193 e. The van der Waals surface area contributed by atoms with Crippen LogP contribution in [-0.4, -0.2) is 53.2 Å². The van der Waals surface area contributed by atoms with Crippen molar-refractivity contribution in [3.05, 3.63) is 54.6 Å². The molecule has 0 spiro atoms. The van der Waals surface area contributed by atoms with E-state index in [4.69, 9.17) is 9.73 Å². The second-order valence-electron chi connectivity index (χ2n) is 7.80. The highest BCUT2D eigenvalue weighted by atomic mass is 127. The summed E-state index contributed by atoms with van der Waals surface area (Å²) in [5.74, 6) is 1.65. The maximum atomic E-state index is 5.98. The third-order valence-corrected chi connectivity index (χ3v) is 5.66. The minimum Gasteiger partial charge on any atom is -0.374 e. The number of hydrogen-bond acceptors (Lipinski definition) is 3. The van der Waals surface area contributed by atoms with Crippen molar-refractivity contribution >= 4 is 29.9 Å². The Morgan fingerprint density at radius 3 is 2.83 bits per heavy atom. The van der Waals surface area contributed by atoms with Crippen LogP contribution < -0.4 is 5.32 Å². The molecule has 0 aliphatic carbocycles. The largest absolute Gasteiger partial charge is 0.374 e. The van der Waals surface area contributed by atoms with Crippen LogP contribution in [0, 0.1) is 5.92 Å². The molecule has 2 heterocycles. The summed E-state index contributed by atoms with van der Waals surface area (Å²) in [4.78, 5) is 11.5. The Balaban J connectivity index is 0.00000320. The van der Waals surface area contributed by atoms with E-state index in [1.54, 1.807) is 0 Å². The molecule has 2 aromatic rings. The number of imidazole rings is 1. The van der Waals surface area contributed by atoms with Gasteiger partial charge in [-0.2, -0.15) is 0 Å². The number of guanidine groups is 1. The average Bonchev–Trinajstić information content (AvgIpc) is 3.28. The number of nitrogens with zero attached hydrogens (tertiary/aromatic N) is 4. The van der Waals surface area contributed by atoms with E-state index in [0.717, 1.165) is 45.0 Å². The van der Waals surface area contributed by atoms with Gasteiger partial charge >= 0.3 is 0 Å². The van der Waals surface area contributed by atoms with Crippen LogP contribution in [0.2, 0.25) is 0 Å². The average molecular weight is 525 g/mol. The first-order chi connectivity index (χ1) is 14.2. The van der Waals surface area contributed by atoms with E-state index in [0.29, 0.717) is 18.6 Å². The van der Waals surface area contributed by atoms with Gasteiger partial charge in [-0.25, -0.2) is 4.98 Å². The number of nitrogens with one attached hydrogen (secondary N) is 1. The Hall–Kier alpha value is -1.61. The van der Waals surface area contributed by atoms with Crippen LogP contribution in [0.5, 0.6) is 0 Å². The van der Waals surface area contributed by atoms with Gasteiger partial charge in [-0.1, -0.05) is 37.3 Å². The van der Waals surface area contributed by atoms with Crippen LogP contribution in [0.15, 0.2) is 54.0 Å². The third-order valence-electron chi connectivity index (χ3n) is 5.66. The van der Waals surface area contributed by atoms with Crippen LogP contribution in [0.3, 0.4) is 0 Å². The van der Waals surface area contributed by atoms with Crippen molar-refractivity contribution in [1.82, 2.24) is 19.8 Å². The zero-order valence-electron chi connectivity index (χ0n) is 18.4. The van der Waals surface area contributed by atoms with Gasteiger partial charge in [-0.3, -0.25) is 4.99 Å². The van der Waals surface area contributed by atoms with Crippen LogP contribution in [0.25, 0.3) is 0 Å². The highest BCUT2D eigenvalue weighted by molar-refractivity contribution is 14.0. The summed E-state index contributed by atoms with van der Waals surface area (Å²) in [5, 5.41) is 3.47. The van der Waals surface area contributed by atoms with Gasteiger partial charge in [0.2, 0.25) is 0 Å². The lowest BCUT2D eigenvalue weighted by molar-refractivity contribution is 0.0651. The fourth-order valence-electron chi connectivity index (χ4n) is 3.85. The van der Waals surface area contributed by atoms with E-state index >= 15 is 0 Å². The number of hydrogen-bond donors (Lipinski definition) is 1. The summed E-state index contributed by atoms with van der Waals surface area (Å²) in [6, 6.07) is 10.8. The summed E-state index contributed by atoms with van der Waals surface area (Å²) in [7, 11) is 0. The highest BCUT2D eigenvalue weighted by Crippen LogP contribution is 2.27. The second-order valence-corrected chi connectivity index (χ2v) is 7.80. The molecule has 3 atom stereocenters. The second kappa shape index (κ2) is 12.9. The Morgan fingerprint density at radius 2 is 2.13 bits per heavy atom. The SMILES string of the molecule is CCNC(=NCCCOC(C)c1ccccc1)N1CCC(C)C(n2ccnc2)C1.I. The molecule has 0 amide bonds. The number of benzene rings is 1. The molecule has 7 heteroatoms. The van der Waals surface area contributed by atoms with E-state index in [2.05, 4.69) is 71.0 Å². The van der Waals surface area contributed by atoms with Gasteiger partial charge in [0.1, 0.15) is 0 Å². The monoisotopic (exact) mass is 525 g/mol. The fraction of sp³-hybridized carbons (Fsp3) is 0.565. The minimum absolute atomic E-state index is 0. The number of aliphatic imine (C=N–C) groups is 1. The van der Waals surface area contributed by atoms with Gasteiger partial charge in [0.25, 0.3) is 0 Å². The zero-order chi connectivity index (χ0) is 20.5. The summed E-state index contributed by atoms with van der Waals surface area (Å²) in [6.07, 6.45) is 8.06. The van der Waals surface area contributed by atoms with Crippen LogP contribution >= 0.6 is 24.0 Å². The van der Waals surface area contributed by atoms with Crippen molar-refractivity contribution in [2.24, 2.45) is 10.9 Å². The zero-order valence-corrected chi connectivity index (χ0v) is 20.7. The fourth-order valence-corrected chi connectivity index (χ4v) is 3.85. The molecule has 0 radical (unpaired) electrons. The summed E-state index contributed by atoms with van der Waals surface area (Å²) < 4.78 is 8.22. The van der Waals surface area contributed by atoms with E-state index in [9.17, 15) is 0 Å². The highest BCUT2D eigenvalue weighted by Gasteiger charge is 2.28. The third kappa shape index (κ3) is 6.97. The van der Waals surface area contributed by atoms with Gasteiger partial charge in [0.05, 0.1) is 18.5 Å². The topological polar surface area (TPSA) is 54.7 Å². The predicted molar refractivity (Wildman–Crippen MR) is 133 cm³/mol. The molecule has 166 valence electrons. The maximum absolute atomic E-state index is 5.98. The molecule has 1 N–H and O–H groups in total. The Labute approximate surface area is 198 Å². The van der Waals surface area contributed by atoms with Crippen molar-refractivity contribution < 1.29 is 4.74 Å². The van der Waals surface area contributed by atoms with E-state index in [1.165, 1.54) is 5.56 Å². The normalized spacial score (nSPS) is 20.5. The lowest BCUT2D eigenvalue weighted by atomic mass is 9.93. The van der Waals surface area contributed by atoms with Crippen molar-refractivity contribution in [3.63, 3.8) is 0 Å². The molecule has 1 aromatic carbocycles. The van der Waals surface area contributed by atoms with Crippen molar-refractivity contribution in [2.75, 3.05) is 32.8 Å². The standard InChI is InChI=1S/C23H35N5O.HI/c1-4-25-23(26-12-8-16-29-20(3)21-9-6-5-7-10-21)27-14-11-19(2)22(17-27)28-15-13-24-18-28;/h5-7,9-10,13,15,18-20,22H,4,8,11-12,14,16-17H2,1-3H3,(H,25,26);1H.